The fraction of sp³-hybridized carbons (Fsp3) is 0.375. The largest absolute Gasteiger partial charge is 0.344 e. The summed E-state index contributed by atoms with van der Waals surface area (Å²) >= 11 is 0. The molecule has 2 aromatic rings. The van der Waals surface area contributed by atoms with Gasteiger partial charge >= 0.3 is 0 Å². The number of aryl methyl sites for hydroxylation is 1. The molecule has 0 spiro atoms. The lowest BCUT2D eigenvalue weighted by Crippen LogP contribution is -2.27. The van der Waals surface area contributed by atoms with Crippen LogP contribution in [0, 0.1) is 5.92 Å². The Hall–Kier alpha value is -2.70. The van der Waals surface area contributed by atoms with Crippen LogP contribution in [-0.4, -0.2) is 26.6 Å². The molecule has 0 aliphatic heterocycles. The molecule has 2 heterocycles. The highest BCUT2D eigenvalue weighted by atomic mass is 16.2. The van der Waals surface area contributed by atoms with Crippen molar-refractivity contribution in [2.24, 2.45) is 13.0 Å². The third kappa shape index (κ3) is 3.56. The summed E-state index contributed by atoms with van der Waals surface area (Å²) in [5.74, 6) is 0.347. The van der Waals surface area contributed by atoms with Crippen LogP contribution in [0.4, 0.5) is 5.82 Å². The standard InChI is InChI=1S/C16H19N5O2/c1-10(11-5-7-17-8-6-11)18-16(23)13-9-14(21(2)20-13)19-15(22)12-3-4-12/h5-10,12H,3-4H2,1-2H3,(H,18,23)(H,19,22)/t10-/m0/s1. The Kier molecular flexibility index (Phi) is 4.10. The second-order valence-corrected chi connectivity index (χ2v) is 5.78. The van der Waals surface area contributed by atoms with Gasteiger partial charge < -0.3 is 10.6 Å². The normalized spacial score (nSPS) is 15.0. The van der Waals surface area contributed by atoms with Crippen LogP contribution in [0.2, 0.25) is 0 Å². The van der Waals surface area contributed by atoms with Crippen molar-refractivity contribution in [1.29, 1.82) is 0 Å². The average Bonchev–Trinajstić information content (AvgIpc) is 3.33. The number of hydrogen-bond acceptors (Lipinski definition) is 4. The molecular formula is C16H19N5O2. The first kappa shape index (κ1) is 15.2. The van der Waals surface area contributed by atoms with Gasteiger partial charge in [-0.25, -0.2) is 0 Å². The minimum absolute atomic E-state index is 0.00916. The Balaban J connectivity index is 1.66. The van der Waals surface area contributed by atoms with Gasteiger partial charge in [-0.05, 0) is 37.5 Å². The molecule has 3 rings (SSSR count). The molecule has 0 saturated heterocycles. The average molecular weight is 313 g/mol. The molecule has 7 heteroatoms. The van der Waals surface area contributed by atoms with Crippen LogP contribution in [-0.2, 0) is 11.8 Å². The number of anilines is 1. The Bertz CT molecular complexity index is 721. The van der Waals surface area contributed by atoms with Gasteiger partial charge in [-0.15, -0.1) is 0 Å². The lowest BCUT2D eigenvalue weighted by Gasteiger charge is -2.12. The molecule has 2 aromatic heterocycles. The first-order chi connectivity index (χ1) is 11.0. The molecule has 1 fully saturated rings. The lowest BCUT2D eigenvalue weighted by atomic mass is 10.1. The van der Waals surface area contributed by atoms with E-state index in [-0.39, 0.29) is 29.5 Å². The van der Waals surface area contributed by atoms with Crippen LogP contribution in [0.15, 0.2) is 30.6 Å². The van der Waals surface area contributed by atoms with Crippen molar-refractivity contribution in [3.05, 3.63) is 41.9 Å². The summed E-state index contributed by atoms with van der Waals surface area (Å²) in [5, 5.41) is 9.86. The minimum atomic E-state index is -0.281. The summed E-state index contributed by atoms with van der Waals surface area (Å²) in [5.41, 5.74) is 1.24. The Labute approximate surface area is 134 Å². The van der Waals surface area contributed by atoms with Crippen LogP contribution in [0.1, 0.15) is 41.9 Å². The summed E-state index contributed by atoms with van der Waals surface area (Å²) < 4.78 is 1.51. The number of nitrogens with one attached hydrogen (secondary N) is 2. The van der Waals surface area contributed by atoms with Gasteiger partial charge in [0.2, 0.25) is 5.91 Å². The molecule has 1 saturated carbocycles. The van der Waals surface area contributed by atoms with Gasteiger partial charge in [-0.2, -0.15) is 5.10 Å². The zero-order valence-corrected chi connectivity index (χ0v) is 13.1. The van der Waals surface area contributed by atoms with E-state index >= 15 is 0 Å². The first-order valence-electron chi connectivity index (χ1n) is 7.60. The molecule has 23 heavy (non-hydrogen) atoms. The van der Waals surface area contributed by atoms with Crippen LogP contribution in [0.25, 0.3) is 0 Å². The maximum atomic E-state index is 12.3. The summed E-state index contributed by atoms with van der Waals surface area (Å²) in [7, 11) is 1.70. The van der Waals surface area contributed by atoms with E-state index in [9.17, 15) is 9.59 Å². The van der Waals surface area contributed by atoms with Crippen molar-refractivity contribution in [1.82, 2.24) is 20.1 Å². The second-order valence-electron chi connectivity index (χ2n) is 5.78. The quantitative estimate of drug-likeness (QED) is 0.878. The van der Waals surface area contributed by atoms with E-state index in [2.05, 4.69) is 20.7 Å². The van der Waals surface area contributed by atoms with Crippen molar-refractivity contribution in [3.63, 3.8) is 0 Å². The number of rotatable bonds is 5. The van der Waals surface area contributed by atoms with Gasteiger partial charge in [0.25, 0.3) is 5.91 Å². The molecule has 1 aliphatic carbocycles. The van der Waals surface area contributed by atoms with Crippen LogP contribution in [0.3, 0.4) is 0 Å². The molecule has 1 atom stereocenters. The second kappa shape index (κ2) is 6.20. The number of hydrogen-bond donors (Lipinski definition) is 2. The maximum absolute atomic E-state index is 12.3. The Morgan fingerprint density at radius 2 is 2.00 bits per heavy atom. The summed E-state index contributed by atoms with van der Waals surface area (Å²) in [6.45, 7) is 1.89. The first-order valence-corrected chi connectivity index (χ1v) is 7.60. The van der Waals surface area contributed by atoms with Gasteiger partial charge in [0.1, 0.15) is 5.82 Å². The fourth-order valence-electron chi connectivity index (χ4n) is 2.28. The van der Waals surface area contributed by atoms with E-state index in [4.69, 9.17) is 0 Å². The third-order valence-electron chi connectivity index (χ3n) is 3.87. The van der Waals surface area contributed by atoms with Crippen LogP contribution >= 0.6 is 0 Å². The molecule has 120 valence electrons. The van der Waals surface area contributed by atoms with E-state index in [1.165, 1.54) is 4.68 Å². The van der Waals surface area contributed by atoms with Gasteiger partial charge in [0.05, 0.1) is 6.04 Å². The number of nitrogens with zero attached hydrogens (tertiary/aromatic N) is 3. The Morgan fingerprint density at radius 3 is 2.65 bits per heavy atom. The zero-order chi connectivity index (χ0) is 16.4. The predicted molar refractivity (Wildman–Crippen MR) is 84.7 cm³/mol. The van der Waals surface area contributed by atoms with Gasteiger partial charge in [-0.3, -0.25) is 19.3 Å². The van der Waals surface area contributed by atoms with E-state index < -0.39 is 0 Å². The van der Waals surface area contributed by atoms with E-state index in [1.54, 1.807) is 25.5 Å². The topological polar surface area (TPSA) is 88.9 Å². The van der Waals surface area contributed by atoms with Crippen molar-refractivity contribution in [3.8, 4) is 0 Å². The van der Waals surface area contributed by atoms with Crippen molar-refractivity contribution < 1.29 is 9.59 Å². The highest BCUT2D eigenvalue weighted by Gasteiger charge is 2.30. The molecule has 0 unspecified atom stereocenters. The number of carbonyl (C=O) groups is 2. The number of aromatic nitrogens is 3. The van der Waals surface area contributed by atoms with Gasteiger partial charge in [-0.1, -0.05) is 0 Å². The summed E-state index contributed by atoms with van der Waals surface area (Å²) in [6.07, 6.45) is 5.23. The fourth-order valence-corrected chi connectivity index (χ4v) is 2.28. The zero-order valence-electron chi connectivity index (χ0n) is 13.1. The van der Waals surface area contributed by atoms with E-state index in [0.717, 1.165) is 18.4 Å². The third-order valence-corrected chi connectivity index (χ3v) is 3.87. The molecule has 0 aromatic carbocycles. The highest BCUT2D eigenvalue weighted by Crippen LogP contribution is 2.30. The van der Waals surface area contributed by atoms with Gasteiger partial charge in [0.15, 0.2) is 5.69 Å². The monoisotopic (exact) mass is 313 g/mol. The van der Waals surface area contributed by atoms with Crippen molar-refractivity contribution in [2.75, 3.05) is 5.32 Å². The molecule has 2 N–H and O–H groups in total. The minimum Gasteiger partial charge on any atom is -0.344 e. The molecule has 0 bridgehead atoms. The highest BCUT2D eigenvalue weighted by molar-refractivity contribution is 5.96. The summed E-state index contributed by atoms with van der Waals surface area (Å²) in [4.78, 5) is 28.1. The summed E-state index contributed by atoms with van der Waals surface area (Å²) in [6, 6.07) is 5.14. The van der Waals surface area contributed by atoms with E-state index in [0.29, 0.717) is 5.82 Å². The molecule has 7 nitrogen and oxygen atoms in total. The lowest BCUT2D eigenvalue weighted by molar-refractivity contribution is -0.117. The predicted octanol–water partition coefficient (Wildman–Crippen LogP) is 1.65. The van der Waals surface area contributed by atoms with E-state index in [1.807, 2.05) is 19.1 Å². The van der Waals surface area contributed by atoms with Crippen LogP contribution < -0.4 is 10.6 Å². The number of pyridine rings is 1. The molecule has 1 aliphatic rings. The maximum Gasteiger partial charge on any atom is 0.272 e. The number of carbonyl (C=O) groups excluding carboxylic acids is 2. The molecule has 2 amide bonds. The smallest absolute Gasteiger partial charge is 0.272 e. The molecule has 0 radical (unpaired) electrons. The SMILES string of the molecule is C[C@H](NC(=O)c1cc(NC(=O)C2CC2)n(C)n1)c1ccncc1. The number of amides is 2. The Morgan fingerprint density at radius 1 is 1.30 bits per heavy atom. The van der Waals surface area contributed by atoms with Crippen molar-refractivity contribution in [2.45, 2.75) is 25.8 Å². The van der Waals surface area contributed by atoms with Crippen molar-refractivity contribution >= 4 is 17.6 Å². The van der Waals surface area contributed by atoms with Crippen LogP contribution in [0.5, 0.6) is 0 Å². The molecular weight excluding hydrogens is 294 g/mol. The van der Waals surface area contributed by atoms with Gasteiger partial charge in [0, 0.05) is 31.4 Å².